The maximum absolute atomic E-state index is 14.0. The first-order chi connectivity index (χ1) is 19.1. The minimum Gasteiger partial charge on any atom is -0.497 e. The summed E-state index contributed by atoms with van der Waals surface area (Å²) in [6.45, 7) is 7.61. The number of rotatable bonds is 13. The van der Waals surface area contributed by atoms with Crippen molar-refractivity contribution in [3.05, 3.63) is 89.5 Å². The molecule has 40 heavy (non-hydrogen) atoms. The van der Waals surface area contributed by atoms with E-state index in [-0.39, 0.29) is 17.3 Å². The van der Waals surface area contributed by atoms with Crippen molar-refractivity contribution in [1.82, 2.24) is 10.2 Å². The van der Waals surface area contributed by atoms with Gasteiger partial charge >= 0.3 is 0 Å². The van der Waals surface area contributed by atoms with Crippen LogP contribution in [0.5, 0.6) is 5.75 Å². The predicted octanol–water partition coefficient (Wildman–Crippen LogP) is 4.84. The second kappa shape index (κ2) is 14.0. The Morgan fingerprint density at radius 3 is 2.15 bits per heavy atom. The summed E-state index contributed by atoms with van der Waals surface area (Å²) in [4.78, 5) is 28.6. The molecule has 0 aromatic heterocycles. The largest absolute Gasteiger partial charge is 0.497 e. The standard InChI is InChI=1S/C31H39N3O5S/c1-6-7-17-32-31(36)25(4)33(21-26-13-15-28(39-5)16-14-26)30(35)22-34(27-19-23(2)18-24(3)20-27)40(37,38)29-11-9-8-10-12-29/h8-16,18-20,25H,6-7,17,21-22H2,1-5H3,(H,32,36)/t25-/m1/s1. The van der Waals surface area contributed by atoms with Crippen LogP contribution < -0.4 is 14.4 Å². The minimum atomic E-state index is -4.09. The molecule has 0 spiro atoms. The molecule has 0 unspecified atom stereocenters. The van der Waals surface area contributed by atoms with Crippen LogP contribution in [0, 0.1) is 13.8 Å². The summed E-state index contributed by atoms with van der Waals surface area (Å²) in [5, 5.41) is 2.89. The first-order valence-corrected chi connectivity index (χ1v) is 14.9. The van der Waals surface area contributed by atoms with Gasteiger partial charge in [-0.05, 0) is 80.3 Å². The Morgan fingerprint density at radius 1 is 0.950 bits per heavy atom. The monoisotopic (exact) mass is 565 g/mol. The molecule has 0 bridgehead atoms. The fourth-order valence-corrected chi connectivity index (χ4v) is 5.81. The van der Waals surface area contributed by atoms with Crippen molar-refractivity contribution in [2.24, 2.45) is 0 Å². The fourth-order valence-electron chi connectivity index (χ4n) is 4.39. The Hall–Kier alpha value is -3.85. The van der Waals surface area contributed by atoms with Crippen LogP contribution in [0.25, 0.3) is 0 Å². The summed E-state index contributed by atoms with van der Waals surface area (Å²) in [6, 6.07) is 19.9. The Kier molecular flexibility index (Phi) is 10.7. The van der Waals surface area contributed by atoms with Gasteiger partial charge in [0.1, 0.15) is 18.3 Å². The third kappa shape index (κ3) is 7.85. The number of hydrogen-bond acceptors (Lipinski definition) is 5. The molecule has 1 N–H and O–H groups in total. The molecule has 1 atom stereocenters. The van der Waals surface area contributed by atoms with Crippen molar-refractivity contribution in [3.63, 3.8) is 0 Å². The molecular weight excluding hydrogens is 526 g/mol. The summed E-state index contributed by atoms with van der Waals surface area (Å²) in [7, 11) is -2.52. The molecule has 0 radical (unpaired) electrons. The zero-order chi connectivity index (χ0) is 29.3. The predicted molar refractivity (Wildman–Crippen MR) is 158 cm³/mol. The van der Waals surface area contributed by atoms with Gasteiger partial charge in [-0.1, -0.05) is 49.7 Å². The van der Waals surface area contributed by atoms with Crippen LogP contribution in [0.2, 0.25) is 0 Å². The van der Waals surface area contributed by atoms with Crippen molar-refractivity contribution >= 4 is 27.5 Å². The summed E-state index contributed by atoms with van der Waals surface area (Å²) in [5.41, 5.74) is 2.91. The molecule has 0 saturated heterocycles. The van der Waals surface area contributed by atoms with Gasteiger partial charge in [0.05, 0.1) is 17.7 Å². The van der Waals surface area contributed by atoms with Crippen LogP contribution in [-0.4, -0.2) is 51.4 Å². The molecule has 2 amide bonds. The molecule has 0 saturated carbocycles. The summed E-state index contributed by atoms with van der Waals surface area (Å²) in [6.07, 6.45) is 1.74. The minimum absolute atomic E-state index is 0.0778. The number of amides is 2. The van der Waals surface area contributed by atoms with Gasteiger partial charge in [0.15, 0.2) is 0 Å². The topological polar surface area (TPSA) is 96.0 Å². The Bertz CT molecular complexity index is 1370. The second-order valence-electron chi connectivity index (χ2n) is 9.86. The maximum atomic E-state index is 14.0. The first kappa shape index (κ1) is 30.7. The van der Waals surface area contributed by atoms with Crippen LogP contribution in [0.1, 0.15) is 43.4 Å². The highest BCUT2D eigenvalue weighted by atomic mass is 32.2. The van der Waals surface area contributed by atoms with Crippen molar-refractivity contribution in [1.29, 1.82) is 0 Å². The van der Waals surface area contributed by atoms with E-state index in [0.717, 1.165) is 33.8 Å². The Labute approximate surface area is 238 Å². The van der Waals surface area contributed by atoms with E-state index in [0.29, 0.717) is 18.0 Å². The number of nitrogens with one attached hydrogen (secondary N) is 1. The quantitative estimate of drug-likeness (QED) is 0.299. The van der Waals surface area contributed by atoms with Gasteiger partial charge in [-0.2, -0.15) is 0 Å². The van der Waals surface area contributed by atoms with Crippen molar-refractivity contribution in [3.8, 4) is 5.75 Å². The van der Waals surface area contributed by atoms with Crippen molar-refractivity contribution in [2.45, 2.75) is 58.0 Å². The van der Waals surface area contributed by atoms with E-state index in [1.807, 2.05) is 39.0 Å². The van der Waals surface area contributed by atoms with Crippen LogP contribution in [0.3, 0.4) is 0 Å². The summed E-state index contributed by atoms with van der Waals surface area (Å²) < 4.78 is 34.1. The number of unbranched alkanes of at least 4 members (excludes halogenated alkanes) is 1. The molecule has 9 heteroatoms. The molecule has 3 rings (SSSR count). The highest BCUT2D eigenvalue weighted by Crippen LogP contribution is 2.26. The Balaban J connectivity index is 2.01. The summed E-state index contributed by atoms with van der Waals surface area (Å²) >= 11 is 0. The molecular formula is C31H39N3O5S. The van der Waals surface area contributed by atoms with E-state index in [2.05, 4.69) is 5.32 Å². The normalized spacial score (nSPS) is 11.9. The van der Waals surface area contributed by atoms with E-state index in [1.54, 1.807) is 56.5 Å². The zero-order valence-corrected chi connectivity index (χ0v) is 24.7. The molecule has 0 heterocycles. The molecule has 8 nitrogen and oxygen atoms in total. The highest BCUT2D eigenvalue weighted by molar-refractivity contribution is 7.92. The highest BCUT2D eigenvalue weighted by Gasteiger charge is 2.32. The van der Waals surface area contributed by atoms with Gasteiger partial charge < -0.3 is 15.0 Å². The van der Waals surface area contributed by atoms with Crippen LogP contribution in [0.4, 0.5) is 5.69 Å². The van der Waals surface area contributed by atoms with Crippen LogP contribution in [0.15, 0.2) is 77.7 Å². The number of ether oxygens (including phenoxy) is 1. The number of carbonyl (C=O) groups is 2. The first-order valence-electron chi connectivity index (χ1n) is 13.4. The molecule has 0 aliphatic heterocycles. The molecule has 3 aromatic rings. The average Bonchev–Trinajstić information content (AvgIpc) is 2.94. The number of sulfonamides is 1. The van der Waals surface area contributed by atoms with Crippen molar-refractivity contribution < 1.29 is 22.7 Å². The SMILES string of the molecule is CCCCNC(=O)[C@@H](C)N(Cc1ccc(OC)cc1)C(=O)CN(c1cc(C)cc(C)c1)S(=O)(=O)c1ccccc1. The number of aryl methyl sites for hydroxylation is 2. The molecule has 214 valence electrons. The van der Waals surface area contributed by atoms with Gasteiger partial charge in [-0.25, -0.2) is 8.42 Å². The lowest BCUT2D eigenvalue weighted by atomic mass is 10.1. The zero-order valence-electron chi connectivity index (χ0n) is 23.9. The van der Waals surface area contributed by atoms with Gasteiger partial charge in [0, 0.05) is 13.1 Å². The van der Waals surface area contributed by atoms with Crippen LogP contribution >= 0.6 is 0 Å². The van der Waals surface area contributed by atoms with Crippen LogP contribution in [-0.2, 0) is 26.2 Å². The molecule has 0 aliphatic rings. The van der Waals surface area contributed by atoms with Gasteiger partial charge in [-0.3, -0.25) is 13.9 Å². The van der Waals surface area contributed by atoms with E-state index in [4.69, 9.17) is 4.74 Å². The third-order valence-corrected chi connectivity index (χ3v) is 8.40. The third-order valence-electron chi connectivity index (χ3n) is 6.61. The van der Waals surface area contributed by atoms with Gasteiger partial charge in [0.25, 0.3) is 10.0 Å². The number of hydrogen-bond donors (Lipinski definition) is 1. The number of benzene rings is 3. The van der Waals surface area contributed by atoms with Gasteiger partial charge in [-0.15, -0.1) is 0 Å². The Morgan fingerprint density at radius 2 is 1.57 bits per heavy atom. The van der Waals surface area contributed by atoms with Gasteiger partial charge in [0.2, 0.25) is 11.8 Å². The second-order valence-corrected chi connectivity index (χ2v) is 11.7. The molecule has 3 aromatic carbocycles. The number of carbonyl (C=O) groups excluding carboxylic acids is 2. The lowest BCUT2D eigenvalue weighted by molar-refractivity contribution is -0.139. The number of methoxy groups -OCH3 is 1. The summed E-state index contributed by atoms with van der Waals surface area (Å²) in [5.74, 6) is -0.117. The molecule has 0 aliphatic carbocycles. The lowest BCUT2D eigenvalue weighted by Gasteiger charge is -2.32. The lowest BCUT2D eigenvalue weighted by Crippen LogP contribution is -2.51. The van der Waals surface area contributed by atoms with E-state index >= 15 is 0 Å². The van der Waals surface area contributed by atoms with E-state index in [1.165, 1.54) is 17.0 Å². The average molecular weight is 566 g/mol. The van der Waals surface area contributed by atoms with E-state index in [9.17, 15) is 18.0 Å². The number of nitrogens with zero attached hydrogens (tertiary/aromatic N) is 2. The number of anilines is 1. The smallest absolute Gasteiger partial charge is 0.264 e. The molecule has 0 fully saturated rings. The fraction of sp³-hybridized carbons (Fsp3) is 0.355. The van der Waals surface area contributed by atoms with Crippen molar-refractivity contribution in [2.75, 3.05) is 24.5 Å². The maximum Gasteiger partial charge on any atom is 0.264 e. The van der Waals surface area contributed by atoms with E-state index < -0.39 is 28.5 Å².